The van der Waals surface area contributed by atoms with E-state index in [9.17, 15) is 14.9 Å². The van der Waals surface area contributed by atoms with Crippen LogP contribution < -0.4 is 15.4 Å². The summed E-state index contributed by atoms with van der Waals surface area (Å²) in [6, 6.07) is 15.6. The zero-order valence-electron chi connectivity index (χ0n) is 16.0. The Morgan fingerprint density at radius 3 is 2.47 bits per heavy atom. The van der Waals surface area contributed by atoms with Crippen LogP contribution >= 0.6 is 23.6 Å². The van der Waals surface area contributed by atoms with Crippen molar-refractivity contribution in [2.24, 2.45) is 0 Å². The Labute approximate surface area is 181 Å². The van der Waals surface area contributed by atoms with E-state index in [1.807, 2.05) is 30.3 Å². The molecular formula is C20H17N3O5S2. The Bertz CT molecular complexity index is 1100. The molecule has 0 spiro atoms. The molecule has 1 heterocycles. The van der Waals surface area contributed by atoms with Gasteiger partial charge >= 0.3 is 5.97 Å². The van der Waals surface area contributed by atoms with Crippen LogP contribution in [0.25, 0.3) is 10.4 Å². The van der Waals surface area contributed by atoms with E-state index >= 15 is 0 Å². The van der Waals surface area contributed by atoms with Gasteiger partial charge in [-0.2, -0.15) is 0 Å². The van der Waals surface area contributed by atoms with Crippen LogP contribution in [-0.4, -0.2) is 30.2 Å². The predicted octanol–water partition coefficient (Wildman–Crippen LogP) is 4.93. The molecule has 2 aromatic carbocycles. The fourth-order valence-electron chi connectivity index (χ4n) is 2.64. The summed E-state index contributed by atoms with van der Waals surface area (Å²) >= 11 is 6.63. The average Bonchev–Trinajstić information content (AvgIpc) is 3.17. The molecule has 0 amide bonds. The van der Waals surface area contributed by atoms with Gasteiger partial charge in [-0.1, -0.05) is 30.3 Å². The molecule has 30 heavy (non-hydrogen) atoms. The lowest BCUT2D eigenvalue weighted by atomic mass is 10.1. The van der Waals surface area contributed by atoms with Crippen LogP contribution in [0.3, 0.4) is 0 Å². The molecule has 10 heteroatoms. The third-order valence-corrected chi connectivity index (χ3v) is 5.38. The van der Waals surface area contributed by atoms with Crippen LogP contribution in [0.5, 0.6) is 5.75 Å². The number of thiophene rings is 1. The lowest BCUT2D eigenvalue weighted by Crippen LogP contribution is -2.20. The number of ether oxygens (including phenoxy) is 2. The number of hydrogen-bond acceptors (Lipinski definition) is 7. The third kappa shape index (κ3) is 4.73. The first-order chi connectivity index (χ1) is 14.4. The van der Waals surface area contributed by atoms with Gasteiger partial charge in [-0.25, -0.2) is 4.79 Å². The van der Waals surface area contributed by atoms with Gasteiger partial charge in [-0.05, 0) is 36.0 Å². The number of carbonyl (C=O) groups is 1. The van der Waals surface area contributed by atoms with Crippen molar-refractivity contribution in [3.63, 3.8) is 0 Å². The summed E-state index contributed by atoms with van der Waals surface area (Å²) in [5.74, 6) is -0.168. The Morgan fingerprint density at radius 1 is 1.10 bits per heavy atom. The monoisotopic (exact) mass is 443 g/mol. The van der Waals surface area contributed by atoms with E-state index in [-0.39, 0.29) is 16.5 Å². The molecule has 2 N–H and O–H groups in total. The highest BCUT2D eigenvalue weighted by Crippen LogP contribution is 2.36. The van der Waals surface area contributed by atoms with Crippen molar-refractivity contribution in [3.05, 3.63) is 70.3 Å². The maximum Gasteiger partial charge on any atom is 0.340 e. The van der Waals surface area contributed by atoms with Gasteiger partial charge in [0.05, 0.1) is 30.8 Å². The van der Waals surface area contributed by atoms with E-state index in [4.69, 9.17) is 21.7 Å². The smallest absolute Gasteiger partial charge is 0.340 e. The van der Waals surface area contributed by atoms with Crippen molar-refractivity contribution in [2.45, 2.75) is 0 Å². The second-order valence-electron chi connectivity index (χ2n) is 5.93. The molecule has 3 rings (SSSR count). The van der Waals surface area contributed by atoms with Gasteiger partial charge in [-0.3, -0.25) is 10.1 Å². The number of nitrogens with one attached hydrogen (secondary N) is 2. The number of methoxy groups -OCH3 is 2. The number of hydrogen-bond donors (Lipinski definition) is 2. The van der Waals surface area contributed by atoms with E-state index in [0.29, 0.717) is 16.3 Å². The summed E-state index contributed by atoms with van der Waals surface area (Å²) in [5.41, 5.74) is 1.25. The van der Waals surface area contributed by atoms with Crippen LogP contribution in [0, 0.1) is 10.1 Å². The lowest BCUT2D eigenvalue weighted by Gasteiger charge is -2.11. The molecule has 0 bridgehead atoms. The van der Waals surface area contributed by atoms with Crippen LogP contribution in [0.15, 0.2) is 54.6 Å². The molecule has 8 nitrogen and oxygen atoms in total. The second-order valence-corrected chi connectivity index (χ2v) is 7.39. The Balaban J connectivity index is 1.87. The van der Waals surface area contributed by atoms with E-state index < -0.39 is 10.9 Å². The predicted molar refractivity (Wildman–Crippen MR) is 121 cm³/mol. The number of esters is 1. The summed E-state index contributed by atoms with van der Waals surface area (Å²) in [6.07, 6.45) is 0. The van der Waals surface area contributed by atoms with Crippen molar-refractivity contribution < 1.29 is 19.2 Å². The molecule has 1 aromatic heterocycles. The number of thiocarbonyl (C=S) groups is 1. The van der Waals surface area contributed by atoms with Crippen molar-refractivity contribution in [1.82, 2.24) is 0 Å². The number of benzene rings is 2. The fraction of sp³-hybridized carbons (Fsp3) is 0.100. The topological polar surface area (TPSA) is 103 Å². The number of nitro groups is 1. The fourth-order valence-corrected chi connectivity index (χ4v) is 3.97. The summed E-state index contributed by atoms with van der Waals surface area (Å²) in [7, 11) is 2.72. The highest BCUT2D eigenvalue weighted by molar-refractivity contribution is 7.80. The molecule has 0 atom stereocenters. The molecule has 154 valence electrons. The minimum absolute atomic E-state index is 0.0925. The molecule has 0 radical (unpaired) electrons. The van der Waals surface area contributed by atoms with Crippen molar-refractivity contribution >= 4 is 51.0 Å². The molecule has 3 aromatic rings. The van der Waals surface area contributed by atoms with Gasteiger partial charge in [0.15, 0.2) is 5.11 Å². The van der Waals surface area contributed by atoms with Crippen LogP contribution in [0.4, 0.5) is 16.4 Å². The molecule has 0 aliphatic heterocycles. The molecule has 0 fully saturated rings. The SMILES string of the molecule is COC(=O)c1cc(-c2ccccc2)sc1NC(=S)Nc1ccc(OC)cc1[N+](=O)[O-]. The van der Waals surface area contributed by atoms with Crippen LogP contribution in [-0.2, 0) is 4.74 Å². The standard InChI is InChI=1S/C20H17N3O5S2/c1-27-13-8-9-15(16(10-13)23(25)26)21-20(29)22-18-14(19(24)28-2)11-17(30-18)12-6-4-3-5-7-12/h3-11H,1-2H3,(H2,21,22,29). The highest BCUT2D eigenvalue weighted by Gasteiger charge is 2.20. The first-order valence-corrected chi connectivity index (χ1v) is 9.83. The number of rotatable bonds is 6. The van der Waals surface area contributed by atoms with Gasteiger partial charge in [-0.15, -0.1) is 11.3 Å². The maximum atomic E-state index is 12.2. The van der Waals surface area contributed by atoms with Gasteiger partial charge in [0.1, 0.15) is 16.4 Å². The maximum absolute atomic E-state index is 12.2. The summed E-state index contributed by atoms with van der Waals surface area (Å²) < 4.78 is 9.89. The van der Waals surface area contributed by atoms with Crippen LogP contribution in [0.2, 0.25) is 0 Å². The molecular weight excluding hydrogens is 426 g/mol. The first-order valence-electron chi connectivity index (χ1n) is 8.61. The largest absolute Gasteiger partial charge is 0.496 e. The Morgan fingerprint density at radius 2 is 1.83 bits per heavy atom. The van der Waals surface area contributed by atoms with Crippen LogP contribution in [0.1, 0.15) is 10.4 Å². The zero-order chi connectivity index (χ0) is 21.7. The Kier molecular flexibility index (Phi) is 6.60. The van der Waals surface area contributed by atoms with Gasteiger partial charge in [0, 0.05) is 4.88 Å². The summed E-state index contributed by atoms with van der Waals surface area (Å²) in [4.78, 5) is 23.9. The van der Waals surface area contributed by atoms with Crippen molar-refractivity contribution in [2.75, 3.05) is 24.9 Å². The van der Waals surface area contributed by atoms with Gasteiger partial charge in [0.25, 0.3) is 5.69 Å². The molecule has 0 aliphatic carbocycles. The van der Waals surface area contributed by atoms with E-state index in [1.165, 1.54) is 37.7 Å². The minimum atomic E-state index is -0.536. The lowest BCUT2D eigenvalue weighted by molar-refractivity contribution is -0.384. The highest BCUT2D eigenvalue weighted by atomic mass is 32.1. The van der Waals surface area contributed by atoms with E-state index in [2.05, 4.69) is 10.6 Å². The number of anilines is 2. The number of nitrogens with zero attached hydrogens (tertiary/aromatic N) is 1. The normalized spacial score (nSPS) is 10.2. The zero-order valence-corrected chi connectivity index (χ0v) is 17.6. The third-order valence-electron chi connectivity index (χ3n) is 4.07. The summed E-state index contributed by atoms with van der Waals surface area (Å²) in [6.45, 7) is 0. The molecule has 0 aliphatic rings. The number of nitro benzene ring substituents is 1. The minimum Gasteiger partial charge on any atom is -0.496 e. The van der Waals surface area contributed by atoms with E-state index in [0.717, 1.165) is 10.4 Å². The van der Waals surface area contributed by atoms with Crippen molar-refractivity contribution in [1.29, 1.82) is 0 Å². The first kappa shape index (κ1) is 21.2. The second kappa shape index (κ2) is 9.33. The van der Waals surface area contributed by atoms with Gasteiger partial charge in [0.2, 0.25) is 0 Å². The number of carbonyl (C=O) groups excluding carboxylic acids is 1. The summed E-state index contributed by atoms with van der Waals surface area (Å²) in [5, 5.41) is 17.7. The average molecular weight is 444 g/mol. The van der Waals surface area contributed by atoms with Crippen molar-refractivity contribution in [3.8, 4) is 16.2 Å². The Hall–Kier alpha value is -3.50. The molecule has 0 unspecified atom stereocenters. The quantitative estimate of drug-likeness (QED) is 0.239. The van der Waals surface area contributed by atoms with Gasteiger partial charge < -0.3 is 20.1 Å². The molecule has 0 saturated carbocycles. The molecule has 0 saturated heterocycles. The van der Waals surface area contributed by atoms with E-state index in [1.54, 1.807) is 12.1 Å².